The molecule has 0 aliphatic rings. The molecule has 0 heterocycles. The zero-order chi connectivity index (χ0) is 16.7. The molecule has 7 heteroatoms. The number of ketones is 1. The van der Waals surface area contributed by atoms with Crippen LogP contribution in [0, 0.1) is 0 Å². The first kappa shape index (κ1) is 17.5. The Morgan fingerprint density at radius 3 is 2.68 bits per heavy atom. The highest BCUT2D eigenvalue weighted by atomic mass is 16.5. The van der Waals surface area contributed by atoms with E-state index in [1.807, 2.05) is 0 Å². The highest BCUT2D eigenvalue weighted by Crippen LogP contribution is 2.38. The number of ether oxygens (including phenoxy) is 2. The summed E-state index contributed by atoms with van der Waals surface area (Å²) >= 11 is 0. The number of aliphatic hydroxyl groups is 1. The molecule has 1 aromatic rings. The fourth-order valence-corrected chi connectivity index (χ4v) is 1.87. The Morgan fingerprint density at radius 2 is 2.18 bits per heavy atom. The van der Waals surface area contributed by atoms with Gasteiger partial charge in [-0.15, -0.1) is 0 Å². The first-order chi connectivity index (χ1) is 10.5. The van der Waals surface area contributed by atoms with Crippen molar-refractivity contribution in [3.05, 3.63) is 29.8 Å². The van der Waals surface area contributed by atoms with Crippen molar-refractivity contribution in [3.8, 4) is 11.5 Å². The molecule has 7 nitrogen and oxygen atoms in total. The number of nitrogens with two attached hydrogens (primary N) is 1. The van der Waals surface area contributed by atoms with Gasteiger partial charge < -0.3 is 25.6 Å². The number of methoxy groups -OCH3 is 1. The maximum atomic E-state index is 11.6. The molecule has 0 aliphatic carbocycles. The number of Topliss-reactive ketones (excluding diaryl/α,β-unsaturated/α-hetero) is 1. The van der Waals surface area contributed by atoms with Crippen molar-refractivity contribution in [2.24, 2.45) is 0 Å². The van der Waals surface area contributed by atoms with Crippen LogP contribution in [0.5, 0.6) is 11.5 Å². The van der Waals surface area contributed by atoms with Gasteiger partial charge in [0.2, 0.25) is 5.91 Å². The predicted molar refractivity (Wildman–Crippen MR) is 82.0 cm³/mol. The number of carbonyl (C=O) groups excluding carboxylic acids is 2. The second-order valence-corrected chi connectivity index (χ2v) is 4.41. The zero-order valence-electron chi connectivity index (χ0n) is 12.6. The minimum atomic E-state index is -0.405. The number of carbonyl (C=O) groups is 2. The van der Waals surface area contributed by atoms with Crippen molar-refractivity contribution in [2.45, 2.75) is 13.5 Å². The van der Waals surface area contributed by atoms with Crippen LogP contribution in [0.3, 0.4) is 0 Å². The van der Waals surface area contributed by atoms with Crippen LogP contribution in [0.2, 0.25) is 0 Å². The summed E-state index contributed by atoms with van der Waals surface area (Å²) in [5.41, 5.74) is 6.58. The third-order valence-corrected chi connectivity index (χ3v) is 2.98. The topological polar surface area (TPSA) is 111 Å². The third-order valence-electron chi connectivity index (χ3n) is 2.98. The van der Waals surface area contributed by atoms with Crippen LogP contribution in [0.25, 0.3) is 0 Å². The summed E-state index contributed by atoms with van der Waals surface area (Å²) in [4.78, 5) is 22.6. The number of amides is 1. The van der Waals surface area contributed by atoms with Gasteiger partial charge in [-0.2, -0.15) is 0 Å². The van der Waals surface area contributed by atoms with E-state index in [9.17, 15) is 14.7 Å². The first-order valence-corrected chi connectivity index (χ1v) is 6.60. The Morgan fingerprint density at radius 1 is 1.50 bits per heavy atom. The molecule has 0 bridgehead atoms. The predicted octanol–water partition coefficient (Wildman–Crippen LogP) is 0.653. The van der Waals surface area contributed by atoms with Gasteiger partial charge in [-0.25, -0.2) is 0 Å². The van der Waals surface area contributed by atoms with Crippen LogP contribution in [-0.2, 0) is 11.4 Å². The molecule has 0 aliphatic heterocycles. The standard InChI is InChI=1S/C15H20N2O5/c1-4-13(20)17-5-6-22-15-11(8-18)14(16)10(9(2)19)7-12(15)21-3/h4,7,18H,1,5-6,8,16H2,2-3H3,(H,17,20). The Kier molecular flexibility index (Phi) is 6.40. The number of benzene rings is 1. The van der Waals surface area contributed by atoms with Gasteiger partial charge in [0.1, 0.15) is 6.61 Å². The highest BCUT2D eigenvalue weighted by molar-refractivity contribution is 6.00. The molecule has 22 heavy (non-hydrogen) atoms. The van der Waals surface area contributed by atoms with Gasteiger partial charge in [-0.05, 0) is 19.1 Å². The van der Waals surface area contributed by atoms with Crippen molar-refractivity contribution < 1.29 is 24.2 Å². The minimum absolute atomic E-state index is 0.141. The lowest BCUT2D eigenvalue weighted by atomic mass is 10.0. The number of anilines is 1. The smallest absolute Gasteiger partial charge is 0.243 e. The number of hydrogen-bond acceptors (Lipinski definition) is 6. The molecular weight excluding hydrogens is 288 g/mol. The molecule has 0 fully saturated rings. The Hall–Kier alpha value is -2.54. The fourth-order valence-electron chi connectivity index (χ4n) is 1.87. The van der Waals surface area contributed by atoms with E-state index in [4.69, 9.17) is 15.2 Å². The van der Waals surface area contributed by atoms with Gasteiger partial charge >= 0.3 is 0 Å². The van der Waals surface area contributed by atoms with E-state index in [0.717, 1.165) is 6.08 Å². The van der Waals surface area contributed by atoms with E-state index < -0.39 is 6.61 Å². The molecule has 0 atom stereocenters. The van der Waals surface area contributed by atoms with Crippen molar-refractivity contribution in [1.82, 2.24) is 5.32 Å². The molecule has 1 rings (SSSR count). The average molecular weight is 308 g/mol. The second-order valence-electron chi connectivity index (χ2n) is 4.41. The molecule has 0 spiro atoms. The van der Waals surface area contributed by atoms with Crippen LogP contribution in [0.1, 0.15) is 22.8 Å². The Balaban J connectivity index is 3.02. The molecule has 1 amide bonds. The number of nitrogen functional groups attached to an aromatic ring is 1. The molecule has 120 valence electrons. The number of aliphatic hydroxyl groups excluding tert-OH is 1. The van der Waals surface area contributed by atoms with Gasteiger partial charge in [0.25, 0.3) is 0 Å². The molecular formula is C15H20N2O5. The normalized spacial score (nSPS) is 9.95. The molecule has 4 N–H and O–H groups in total. The number of nitrogens with one attached hydrogen (secondary N) is 1. The SMILES string of the molecule is C=CC(=O)NCCOc1c(OC)cc(C(C)=O)c(N)c1CO. The quantitative estimate of drug-likeness (QED) is 0.281. The van der Waals surface area contributed by atoms with E-state index in [1.54, 1.807) is 0 Å². The highest BCUT2D eigenvalue weighted by Gasteiger charge is 2.19. The summed E-state index contributed by atoms with van der Waals surface area (Å²) < 4.78 is 10.7. The monoisotopic (exact) mass is 308 g/mol. The molecule has 0 radical (unpaired) electrons. The van der Waals surface area contributed by atoms with Gasteiger partial charge in [0, 0.05) is 11.1 Å². The Bertz CT molecular complexity index is 584. The van der Waals surface area contributed by atoms with E-state index in [-0.39, 0.29) is 47.4 Å². The van der Waals surface area contributed by atoms with Crippen LogP contribution in [0.4, 0.5) is 5.69 Å². The zero-order valence-corrected chi connectivity index (χ0v) is 12.6. The summed E-state index contributed by atoms with van der Waals surface area (Å²) in [6, 6.07) is 1.47. The van der Waals surface area contributed by atoms with E-state index in [2.05, 4.69) is 11.9 Å². The van der Waals surface area contributed by atoms with Crippen molar-refractivity contribution in [1.29, 1.82) is 0 Å². The molecule has 0 saturated carbocycles. The molecule has 0 saturated heterocycles. The van der Waals surface area contributed by atoms with E-state index in [1.165, 1.54) is 20.1 Å². The Labute approximate surface area is 128 Å². The first-order valence-electron chi connectivity index (χ1n) is 6.60. The van der Waals surface area contributed by atoms with Crippen molar-refractivity contribution in [2.75, 3.05) is 26.0 Å². The maximum absolute atomic E-state index is 11.6. The summed E-state index contributed by atoms with van der Waals surface area (Å²) in [7, 11) is 1.42. The molecule has 0 aromatic heterocycles. The summed E-state index contributed by atoms with van der Waals surface area (Å²) in [5.74, 6) is -0.0152. The minimum Gasteiger partial charge on any atom is -0.493 e. The summed E-state index contributed by atoms with van der Waals surface area (Å²) in [6.07, 6.45) is 1.15. The van der Waals surface area contributed by atoms with Gasteiger partial charge in [-0.3, -0.25) is 9.59 Å². The maximum Gasteiger partial charge on any atom is 0.243 e. The lowest BCUT2D eigenvalue weighted by molar-refractivity contribution is -0.116. The molecule has 1 aromatic carbocycles. The lowest BCUT2D eigenvalue weighted by Crippen LogP contribution is -2.26. The van der Waals surface area contributed by atoms with Crippen molar-refractivity contribution >= 4 is 17.4 Å². The van der Waals surface area contributed by atoms with Gasteiger partial charge in [0.05, 0.1) is 25.9 Å². The van der Waals surface area contributed by atoms with Crippen LogP contribution in [-0.4, -0.2) is 37.1 Å². The van der Waals surface area contributed by atoms with E-state index >= 15 is 0 Å². The van der Waals surface area contributed by atoms with Crippen molar-refractivity contribution in [3.63, 3.8) is 0 Å². The third kappa shape index (κ3) is 3.98. The molecule has 0 unspecified atom stereocenters. The average Bonchev–Trinajstić information content (AvgIpc) is 2.50. The van der Waals surface area contributed by atoms with Crippen LogP contribution in [0.15, 0.2) is 18.7 Å². The van der Waals surface area contributed by atoms with Gasteiger partial charge in [0.15, 0.2) is 17.3 Å². The number of hydrogen-bond donors (Lipinski definition) is 3. The number of rotatable bonds is 8. The van der Waals surface area contributed by atoms with Crippen LogP contribution >= 0.6 is 0 Å². The summed E-state index contributed by atoms with van der Waals surface area (Å²) in [6.45, 7) is 4.69. The second kappa shape index (κ2) is 8.04. The summed E-state index contributed by atoms with van der Waals surface area (Å²) in [5, 5.41) is 12.0. The van der Waals surface area contributed by atoms with Crippen LogP contribution < -0.4 is 20.5 Å². The lowest BCUT2D eigenvalue weighted by Gasteiger charge is -2.18. The van der Waals surface area contributed by atoms with E-state index in [0.29, 0.717) is 5.75 Å². The fraction of sp³-hybridized carbons (Fsp3) is 0.333. The largest absolute Gasteiger partial charge is 0.493 e. The van der Waals surface area contributed by atoms with Gasteiger partial charge in [-0.1, -0.05) is 6.58 Å².